The van der Waals surface area contributed by atoms with Crippen LogP contribution in [0, 0.1) is 17.8 Å². The second-order valence-corrected chi connectivity index (χ2v) is 7.20. The standard InChI is InChI=1S/C19H32O7/c1-5-7-11(3)18-19(4,26-18)17(25)14(10-21)16(24)13(9-20)15(23)8-12(22)6-2/h5,7,11,13-15,17-18,20-21,23,25H,6,8-10H2,1-4H3/b7-5-/t11-,13-,14-,15-,17-,18-,19+/m0/s1. The van der Waals surface area contributed by atoms with Crippen molar-refractivity contribution in [1.29, 1.82) is 0 Å². The molecule has 1 saturated heterocycles. The van der Waals surface area contributed by atoms with E-state index in [0.717, 1.165) is 0 Å². The topological polar surface area (TPSA) is 128 Å². The number of carbonyl (C=O) groups excluding carboxylic acids is 2. The summed E-state index contributed by atoms with van der Waals surface area (Å²) in [6.07, 6.45) is 0.816. The Balaban J connectivity index is 2.88. The van der Waals surface area contributed by atoms with Crippen molar-refractivity contribution in [3.05, 3.63) is 12.2 Å². The third-order valence-electron chi connectivity index (χ3n) is 5.25. The van der Waals surface area contributed by atoms with Crippen molar-refractivity contribution in [3.63, 3.8) is 0 Å². The Morgan fingerprint density at radius 1 is 1.19 bits per heavy atom. The highest BCUT2D eigenvalue weighted by Crippen LogP contribution is 2.46. The lowest BCUT2D eigenvalue weighted by Gasteiger charge is -2.28. The van der Waals surface area contributed by atoms with Gasteiger partial charge in [-0.25, -0.2) is 0 Å². The van der Waals surface area contributed by atoms with Crippen LogP contribution < -0.4 is 0 Å². The molecule has 7 nitrogen and oxygen atoms in total. The van der Waals surface area contributed by atoms with Crippen LogP contribution >= 0.6 is 0 Å². The number of hydrogen-bond donors (Lipinski definition) is 4. The number of ether oxygens (including phenoxy) is 1. The number of Topliss-reactive ketones (excluding diaryl/α,β-unsaturated/α-hetero) is 2. The van der Waals surface area contributed by atoms with Gasteiger partial charge < -0.3 is 25.2 Å². The van der Waals surface area contributed by atoms with Crippen LogP contribution in [0.1, 0.15) is 40.5 Å². The number of aliphatic hydroxyl groups excluding tert-OH is 4. The van der Waals surface area contributed by atoms with Crippen LogP contribution in [-0.2, 0) is 14.3 Å². The Labute approximate surface area is 154 Å². The maximum absolute atomic E-state index is 12.7. The summed E-state index contributed by atoms with van der Waals surface area (Å²) in [5.74, 6) is -3.34. The molecular weight excluding hydrogens is 340 g/mol. The van der Waals surface area contributed by atoms with Crippen molar-refractivity contribution >= 4 is 11.6 Å². The first kappa shape index (κ1) is 22.9. The summed E-state index contributed by atoms with van der Waals surface area (Å²) in [6.45, 7) is 5.79. The van der Waals surface area contributed by atoms with Crippen LogP contribution in [0.4, 0.5) is 0 Å². The molecule has 150 valence electrons. The Morgan fingerprint density at radius 2 is 1.77 bits per heavy atom. The fourth-order valence-electron chi connectivity index (χ4n) is 3.45. The molecule has 0 amide bonds. The van der Waals surface area contributed by atoms with E-state index >= 15 is 0 Å². The molecule has 1 aliphatic rings. The van der Waals surface area contributed by atoms with Crippen LogP contribution in [0.5, 0.6) is 0 Å². The second kappa shape index (κ2) is 9.71. The van der Waals surface area contributed by atoms with Gasteiger partial charge in [0.1, 0.15) is 17.2 Å². The molecule has 1 heterocycles. The van der Waals surface area contributed by atoms with Crippen molar-refractivity contribution in [2.45, 2.75) is 64.4 Å². The molecule has 0 spiro atoms. The Bertz CT molecular complexity index is 518. The van der Waals surface area contributed by atoms with Gasteiger partial charge in [0, 0.05) is 18.8 Å². The molecule has 1 fully saturated rings. The molecule has 0 bridgehead atoms. The smallest absolute Gasteiger partial charge is 0.148 e. The van der Waals surface area contributed by atoms with Crippen LogP contribution in [0.3, 0.4) is 0 Å². The van der Waals surface area contributed by atoms with Crippen LogP contribution in [-0.4, -0.2) is 69.1 Å². The normalized spacial score (nSPS) is 28.4. The Kier molecular flexibility index (Phi) is 8.56. The summed E-state index contributed by atoms with van der Waals surface area (Å²) in [5.41, 5.74) is -0.994. The second-order valence-electron chi connectivity index (χ2n) is 7.20. The molecule has 0 aromatic heterocycles. The van der Waals surface area contributed by atoms with Gasteiger partial charge in [-0.3, -0.25) is 9.59 Å². The Hall–Kier alpha value is -1.12. The molecule has 7 heteroatoms. The van der Waals surface area contributed by atoms with Crippen molar-refractivity contribution in [1.82, 2.24) is 0 Å². The minimum atomic E-state index is -1.35. The molecule has 4 N–H and O–H groups in total. The zero-order chi connectivity index (χ0) is 20.1. The predicted molar refractivity (Wildman–Crippen MR) is 95.3 cm³/mol. The van der Waals surface area contributed by atoms with E-state index in [2.05, 4.69) is 0 Å². The number of carbonyl (C=O) groups is 2. The number of allylic oxidation sites excluding steroid dienone is 1. The van der Waals surface area contributed by atoms with E-state index in [4.69, 9.17) is 4.74 Å². The number of epoxide rings is 1. The van der Waals surface area contributed by atoms with Gasteiger partial charge in [0.15, 0.2) is 0 Å². The fourth-order valence-corrected chi connectivity index (χ4v) is 3.45. The number of hydrogen-bond acceptors (Lipinski definition) is 7. The van der Waals surface area contributed by atoms with Gasteiger partial charge in [-0.15, -0.1) is 0 Å². The molecular formula is C19H32O7. The minimum absolute atomic E-state index is 0.0236. The van der Waals surface area contributed by atoms with Gasteiger partial charge in [-0.1, -0.05) is 26.0 Å². The van der Waals surface area contributed by atoms with E-state index < -0.39 is 48.6 Å². The van der Waals surface area contributed by atoms with Crippen LogP contribution in [0.2, 0.25) is 0 Å². The summed E-state index contributed by atoms with van der Waals surface area (Å²) >= 11 is 0. The molecule has 1 aliphatic heterocycles. The first-order chi connectivity index (χ1) is 12.2. The average Bonchev–Trinajstić information content (AvgIpc) is 3.29. The molecule has 7 atom stereocenters. The summed E-state index contributed by atoms with van der Waals surface area (Å²) < 4.78 is 5.63. The zero-order valence-electron chi connectivity index (χ0n) is 16.0. The zero-order valence-corrected chi connectivity index (χ0v) is 16.0. The first-order valence-electron chi connectivity index (χ1n) is 9.11. The van der Waals surface area contributed by atoms with E-state index in [1.54, 1.807) is 13.8 Å². The van der Waals surface area contributed by atoms with E-state index in [9.17, 15) is 30.0 Å². The van der Waals surface area contributed by atoms with Gasteiger partial charge in [0.25, 0.3) is 0 Å². The Morgan fingerprint density at radius 3 is 2.23 bits per heavy atom. The van der Waals surface area contributed by atoms with E-state index in [0.29, 0.717) is 0 Å². The highest BCUT2D eigenvalue weighted by Gasteiger charge is 2.61. The quantitative estimate of drug-likeness (QED) is 0.285. The number of rotatable bonds is 12. The summed E-state index contributed by atoms with van der Waals surface area (Å²) in [5, 5.41) is 40.0. The summed E-state index contributed by atoms with van der Waals surface area (Å²) in [4.78, 5) is 24.2. The highest BCUT2D eigenvalue weighted by atomic mass is 16.6. The summed E-state index contributed by atoms with van der Waals surface area (Å²) in [6, 6.07) is 0. The van der Waals surface area contributed by atoms with E-state index in [1.807, 2.05) is 26.0 Å². The molecule has 0 unspecified atom stereocenters. The van der Waals surface area contributed by atoms with Crippen LogP contribution in [0.15, 0.2) is 12.2 Å². The first-order valence-corrected chi connectivity index (χ1v) is 9.11. The molecule has 1 rings (SSSR count). The number of aliphatic hydroxyl groups is 4. The third kappa shape index (κ3) is 4.98. The van der Waals surface area contributed by atoms with Gasteiger partial charge in [0.2, 0.25) is 0 Å². The lowest BCUT2D eigenvalue weighted by Crippen LogP contribution is -2.47. The van der Waals surface area contributed by atoms with Gasteiger partial charge in [0.05, 0.1) is 43.4 Å². The van der Waals surface area contributed by atoms with Gasteiger partial charge >= 0.3 is 0 Å². The van der Waals surface area contributed by atoms with Crippen molar-refractivity contribution in [3.8, 4) is 0 Å². The highest BCUT2D eigenvalue weighted by molar-refractivity contribution is 5.86. The minimum Gasteiger partial charge on any atom is -0.396 e. The maximum Gasteiger partial charge on any atom is 0.148 e. The SMILES string of the molecule is C/C=C\[C@H](C)[C@@H]1O[C@]1(C)[C@@H](O)[C@@H](CO)C(=O)[C@@H](CO)[C@@H](O)CC(=O)CC. The molecule has 0 radical (unpaired) electrons. The molecule has 0 aliphatic carbocycles. The van der Waals surface area contributed by atoms with Gasteiger partial charge in [-0.2, -0.15) is 0 Å². The molecule has 0 saturated carbocycles. The van der Waals surface area contributed by atoms with Crippen molar-refractivity contribution < 1.29 is 34.8 Å². The predicted octanol–water partition coefficient (Wildman–Crippen LogP) is 0.233. The molecule has 0 aromatic carbocycles. The lowest BCUT2D eigenvalue weighted by atomic mass is 9.79. The molecule has 0 aromatic rings. The fraction of sp³-hybridized carbons (Fsp3) is 0.789. The van der Waals surface area contributed by atoms with E-state index in [-0.39, 0.29) is 30.6 Å². The average molecular weight is 372 g/mol. The van der Waals surface area contributed by atoms with Crippen molar-refractivity contribution in [2.75, 3.05) is 13.2 Å². The lowest BCUT2D eigenvalue weighted by molar-refractivity contribution is -0.140. The number of ketones is 2. The largest absolute Gasteiger partial charge is 0.396 e. The summed E-state index contributed by atoms with van der Waals surface area (Å²) in [7, 11) is 0. The van der Waals surface area contributed by atoms with Crippen LogP contribution in [0.25, 0.3) is 0 Å². The third-order valence-corrected chi connectivity index (χ3v) is 5.25. The molecule has 26 heavy (non-hydrogen) atoms. The maximum atomic E-state index is 12.7. The van der Waals surface area contributed by atoms with Gasteiger partial charge in [-0.05, 0) is 13.8 Å². The van der Waals surface area contributed by atoms with E-state index in [1.165, 1.54) is 0 Å². The van der Waals surface area contributed by atoms with Crippen molar-refractivity contribution in [2.24, 2.45) is 17.8 Å². The monoisotopic (exact) mass is 372 g/mol.